The SMILES string of the molecule is CN(C)[C@@H]1C(O)=C(C(N)=O)C(=N)[C@@]2(O)C(=O)C3=C(O)c4c(O)cc(CN(C)C5(C6CC6)CC5)c(C(F)(F)F)c4C[C@H]3C[C@@H]12. The van der Waals surface area contributed by atoms with E-state index in [2.05, 4.69) is 0 Å². The highest BCUT2D eigenvalue weighted by molar-refractivity contribution is 6.33. The van der Waals surface area contributed by atoms with E-state index in [1.165, 1.54) is 19.0 Å². The summed E-state index contributed by atoms with van der Waals surface area (Å²) in [4.78, 5) is 29.5. The first-order valence-electron chi connectivity index (χ1n) is 14.3. The molecular weight excluding hydrogens is 569 g/mol. The molecule has 13 heteroatoms. The Morgan fingerprint density at radius 2 is 1.79 bits per heavy atom. The summed E-state index contributed by atoms with van der Waals surface area (Å²) >= 11 is 0. The number of phenolic OH excluding ortho intramolecular Hbond substituents is 1. The van der Waals surface area contributed by atoms with Gasteiger partial charge in [-0.25, -0.2) is 0 Å². The molecule has 0 saturated heterocycles. The van der Waals surface area contributed by atoms with Crippen LogP contribution in [-0.4, -0.2) is 86.0 Å². The van der Waals surface area contributed by atoms with Gasteiger partial charge >= 0.3 is 6.18 Å². The van der Waals surface area contributed by atoms with Crippen molar-refractivity contribution in [1.29, 1.82) is 5.41 Å². The molecule has 4 atom stereocenters. The summed E-state index contributed by atoms with van der Waals surface area (Å²) in [5, 5.41) is 53.6. The van der Waals surface area contributed by atoms with Gasteiger partial charge in [-0.15, -0.1) is 0 Å². The van der Waals surface area contributed by atoms with Crippen LogP contribution in [0.3, 0.4) is 0 Å². The second-order valence-corrected chi connectivity index (χ2v) is 13.0. The van der Waals surface area contributed by atoms with Crippen LogP contribution in [0.5, 0.6) is 5.75 Å². The minimum atomic E-state index is -4.85. The molecular formula is C30H35F3N4O6. The quantitative estimate of drug-likeness (QED) is 0.288. The van der Waals surface area contributed by atoms with Gasteiger partial charge in [-0.05, 0) is 88.7 Å². The first-order chi connectivity index (χ1) is 20.0. The minimum absolute atomic E-state index is 0.0656. The molecule has 10 nitrogen and oxygen atoms in total. The second kappa shape index (κ2) is 9.29. The number of likely N-dealkylation sites (N-methyl/N-ethyl adjacent to an activating group) is 1. The van der Waals surface area contributed by atoms with Crippen LogP contribution in [0.25, 0.3) is 5.76 Å². The Hall–Kier alpha value is -3.42. The zero-order valence-electron chi connectivity index (χ0n) is 24.0. The molecule has 1 aromatic rings. The Bertz CT molecular complexity index is 1540. The van der Waals surface area contributed by atoms with Gasteiger partial charge in [-0.2, -0.15) is 13.2 Å². The molecule has 6 rings (SSSR count). The summed E-state index contributed by atoms with van der Waals surface area (Å²) in [6.45, 7) is -0.0656. The molecule has 0 aromatic heterocycles. The zero-order valence-corrected chi connectivity index (χ0v) is 24.0. The summed E-state index contributed by atoms with van der Waals surface area (Å²) in [7, 11) is 4.81. The molecule has 0 bridgehead atoms. The van der Waals surface area contributed by atoms with E-state index in [0.29, 0.717) is 5.92 Å². The number of hydrogen-bond donors (Lipinski definition) is 6. The molecule has 7 N–H and O–H groups in total. The molecule has 5 aliphatic carbocycles. The zero-order chi connectivity index (χ0) is 31.5. The molecule has 0 unspecified atom stereocenters. The van der Waals surface area contributed by atoms with Crippen molar-refractivity contribution >= 4 is 23.2 Å². The lowest BCUT2D eigenvalue weighted by atomic mass is 9.56. The van der Waals surface area contributed by atoms with Crippen LogP contribution in [0.15, 0.2) is 23.0 Å². The highest BCUT2D eigenvalue weighted by Gasteiger charge is 2.63. The minimum Gasteiger partial charge on any atom is -0.510 e. The number of nitrogens with two attached hydrogens (primary N) is 1. The van der Waals surface area contributed by atoms with E-state index >= 15 is 0 Å². The van der Waals surface area contributed by atoms with E-state index < -0.39 is 86.6 Å². The number of phenols is 1. The maximum Gasteiger partial charge on any atom is 0.417 e. The van der Waals surface area contributed by atoms with Crippen molar-refractivity contribution < 1.29 is 43.2 Å². The van der Waals surface area contributed by atoms with Gasteiger partial charge in [0, 0.05) is 23.6 Å². The molecule has 0 heterocycles. The monoisotopic (exact) mass is 604 g/mol. The average Bonchev–Trinajstić information content (AvgIpc) is 3.77. The average molecular weight is 605 g/mol. The first kappa shape index (κ1) is 29.6. The number of nitrogens with zero attached hydrogens (tertiary/aromatic N) is 2. The summed E-state index contributed by atoms with van der Waals surface area (Å²) in [5.41, 5.74) is -1.58. The topological polar surface area (TPSA) is 171 Å². The normalized spacial score (nSPS) is 30.0. The molecule has 5 aliphatic rings. The van der Waals surface area contributed by atoms with Crippen LogP contribution in [0.1, 0.15) is 54.4 Å². The maximum atomic E-state index is 14.8. The van der Waals surface area contributed by atoms with Crippen molar-refractivity contribution in [1.82, 2.24) is 9.80 Å². The lowest BCUT2D eigenvalue weighted by Crippen LogP contribution is -2.67. The summed E-state index contributed by atoms with van der Waals surface area (Å²) in [5.74, 6) is -6.44. The fourth-order valence-corrected chi connectivity index (χ4v) is 8.18. The largest absolute Gasteiger partial charge is 0.510 e. The third-order valence-electron chi connectivity index (χ3n) is 10.4. The number of amides is 1. The number of aliphatic hydroxyl groups excluding tert-OH is 2. The van der Waals surface area contributed by atoms with Crippen molar-refractivity contribution in [3.63, 3.8) is 0 Å². The molecule has 0 radical (unpaired) electrons. The third kappa shape index (κ3) is 4.07. The number of Topliss-reactive ketones (excluding diaryl/α,β-unsaturated/α-hetero) is 1. The predicted octanol–water partition coefficient (Wildman–Crippen LogP) is 2.81. The lowest BCUT2D eigenvalue weighted by Gasteiger charge is -2.51. The number of carbonyl (C=O) groups is 2. The molecule has 1 amide bonds. The standard InChI is InChI=1S/C30H35F3N4O6/c1-36(2)22-16-9-12-8-15-19(23(39)18(12)26(41)29(16,43)25(34)20(24(22)40)27(35)42)17(38)10-13(21(15)30(31,32)33)11-37(3)28(6-7-28)14-4-5-14/h10,12,14,16,22,34,38-40,43H,4-9,11H2,1-3H3,(H2,35,42)/t12-,16-,22-,29+/m0/s1. The van der Waals surface area contributed by atoms with Crippen molar-refractivity contribution in [3.05, 3.63) is 45.2 Å². The van der Waals surface area contributed by atoms with E-state index in [4.69, 9.17) is 11.1 Å². The van der Waals surface area contributed by atoms with Crippen LogP contribution < -0.4 is 5.73 Å². The molecule has 0 spiro atoms. The molecule has 0 aliphatic heterocycles. The number of primary amides is 1. The fourth-order valence-electron chi connectivity index (χ4n) is 8.18. The number of hydrogen-bond acceptors (Lipinski definition) is 9. The number of rotatable bonds is 6. The summed E-state index contributed by atoms with van der Waals surface area (Å²) in [6, 6.07) is -0.192. The number of aliphatic hydroxyl groups is 3. The number of fused-ring (bicyclic) bond motifs is 3. The fraction of sp³-hybridized carbons (Fsp3) is 0.567. The summed E-state index contributed by atoms with van der Waals surface area (Å²) in [6.07, 6.45) is -1.58. The van der Waals surface area contributed by atoms with Crippen LogP contribution in [0.2, 0.25) is 0 Å². The first-order valence-corrected chi connectivity index (χ1v) is 14.3. The number of aromatic hydroxyl groups is 1. The van der Waals surface area contributed by atoms with Gasteiger partial charge in [0.2, 0.25) is 5.78 Å². The van der Waals surface area contributed by atoms with Gasteiger partial charge in [-0.1, -0.05) is 0 Å². The van der Waals surface area contributed by atoms with Crippen LogP contribution in [-0.2, 0) is 28.7 Å². The Labute approximate surface area is 245 Å². The van der Waals surface area contributed by atoms with E-state index in [-0.39, 0.29) is 36.1 Å². The Kier molecular flexibility index (Phi) is 6.40. The van der Waals surface area contributed by atoms with Gasteiger partial charge in [0.15, 0.2) is 5.60 Å². The number of alkyl halides is 3. The van der Waals surface area contributed by atoms with Crippen LogP contribution >= 0.6 is 0 Å². The van der Waals surface area contributed by atoms with Gasteiger partial charge in [0.1, 0.15) is 22.8 Å². The number of nitrogens with one attached hydrogen (secondary N) is 1. The lowest BCUT2D eigenvalue weighted by molar-refractivity contribution is -0.139. The van der Waals surface area contributed by atoms with Crippen LogP contribution in [0.4, 0.5) is 13.2 Å². The molecule has 232 valence electrons. The van der Waals surface area contributed by atoms with Gasteiger partial charge in [0.05, 0.1) is 22.9 Å². The van der Waals surface area contributed by atoms with E-state index in [0.717, 1.165) is 31.7 Å². The summed E-state index contributed by atoms with van der Waals surface area (Å²) < 4.78 is 44.5. The third-order valence-corrected chi connectivity index (χ3v) is 10.4. The Morgan fingerprint density at radius 3 is 2.30 bits per heavy atom. The maximum absolute atomic E-state index is 14.8. The molecule has 43 heavy (non-hydrogen) atoms. The van der Waals surface area contributed by atoms with Crippen molar-refractivity contribution in [2.75, 3.05) is 21.1 Å². The molecule has 3 saturated carbocycles. The van der Waals surface area contributed by atoms with E-state index in [1.54, 1.807) is 7.05 Å². The van der Waals surface area contributed by atoms with Crippen LogP contribution in [0, 0.1) is 23.2 Å². The number of ketones is 1. The molecule has 3 fully saturated rings. The van der Waals surface area contributed by atoms with Crippen molar-refractivity contribution in [3.8, 4) is 5.75 Å². The molecule has 1 aromatic carbocycles. The second-order valence-electron chi connectivity index (χ2n) is 13.0. The highest BCUT2D eigenvalue weighted by atomic mass is 19.4. The Balaban J connectivity index is 1.49. The number of carbonyl (C=O) groups excluding carboxylic acids is 2. The van der Waals surface area contributed by atoms with Gasteiger partial charge < -0.3 is 31.6 Å². The highest BCUT2D eigenvalue weighted by Crippen LogP contribution is 2.58. The van der Waals surface area contributed by atoms with E-state index in [9.17, 15) is 43.2 Å². The predicted molar refractivity (Wildman–Crippen MR) is 148 cm³/mol. The van der Waals surface area contributed by atoms with Gasteiger partial charge in [-0.3, -0.25) is 19.4 Å². The Morgan fingerprint density at radius 1 is 1.16 bits per heavy atom. The van der Waals surface area contributed by atoms with Gasteiger partial charge in [0.25, 0.3) is 5.91 Å². The smallest absolute Gasteiger partial charge is 0.417 e. The number of halogens is 3. The van der Waals surface area contributed by atoms with Crippen molar-refractivity contribution in [2.45, 2.75) is 68.4 Å². The number of benzene rings is 1. The van der Waals surface area contributed by atoms with Crippen molar-refractivity contribution in [2.24, 2.45) is 23.5 Å². The van der Waals surface area contributed by atoms with E-state index in [1.807, 2.05) is 4.90 Å².